The lowest BCUT2D eigenvalue weighted by molar-refractivity contribution is -0.380. The number of amides is 1. The van der Waals surface area contributed by atoms with Gasteiger partial charge >= 0.3 is 5.00 Å². The molecule has 0 aliphatic heterocycles. The van der Waals surface area contributed by atoms with Crippen LogP contribution in [-0.2, 0) is 4.79 Å². The van der Waals surface area contributed by atoms with E-state index in [4.69, 9.17) is 0 Å². The second kappa shape index (κ2) is 5.22. The molecule has 2 fully saturated rings. The normalized spacial score (nSPS) is 30.9. The van der Waals surface area contributed by atoms with Gasteiger partial charge in [-0.1, -0.05) is 31.1 Å². The average Bonchev–Trinajstić information content (AvgIpc) is 2.80. The minimum atomic E-state index is -0.434. The summed E-state index contributed by atoms with van der Waals surface area (Å²) in [7, 11) is 0. The fourth-order valence-corrected chi connectivity index (χ4v) is 4.28. The fourth-order valence-electron chi connectivity index (χ4n) is 3.59. The lowest BCUT2D eigenvalue weighted by Crippen LogP contribution is -2.22. The molecule has 1 aromatic rings. The van der Waals surface area contributed by atoms with E-state index in [9.17, 15) is 14.9 Å². The van der Waals surface area contributed by atoms with Crippen LogP contribution in [0, 0.1) is 27.4 Å². The van der Waals surface area contributed by atoms with Crippen LogP contribution in [0.2, 0.25) is 0 Å². The third-order valence-electron chi connectivity index (χ3n) is 4.77. The summed E-state index contributed by atoms with van der Waals surface area (Å²) in [5.74, 6) is 0.561. The molecule has 1 N–H and O–H groups in total. The first-order chi connectivity index (χ1) is 10.0. The molecule has 0 radical (unpaired) electrons. The first kappa shape index (κ1) is 14.2. The molecule has 3 atom stereocenters. The highest BCUT2D eigenvalue weighted by Gasteiger charge is 2.64. The molecular weight excluding hydrogens is 290 g/mol. The Morgan fingerprint density at radius 2 is 2.38 bits per heavy atom. The Hall–Kier alpha value is -1.76. The zero-order valence-electron chi connectivity index (χ0n) is 11.7. The molecule has 0 saturated heterocycles. The van der Waals surface area contributed by atoms with Gasteiger partial charge in [-0.25, -0.2) is 5.43 Å². The second-order valence-electron chi connectivity index (χ2n) is 6.00. The molecule has 7 heteroatoms. The number of carbonyl (C=O) groups excluding carboxylic acids is 1. The smallest absolute Gasteiger partial charge is 0.273 e. The lowest BCUT2D eigenvalue weighted by atomic mass is 9.90. The van der Waals surface area contributed by atoms with Crippen LogP contribution in [0.15, 0.2) is 17.2 Å². The van der Waals surface area contributed by atoms with Crippen molar-refractivity contribution >= 4 is 28.5 Å². The van der Waals surface area contributed by atoms with Gasteiger partial charge in [0.1, 0.15) is 0 Å². The summed E-state index contributed by atoms with van der Waals surface area (Å²) in [6.45, 7) is 2.19. The summed E-state index contributed by atoms with van der Waals surface area (Å²) in [5.41, 5.74) is 2.75. The van der Waals surface area contributed by atoms with Crippen LogP contribution < -0.4 is 5.43 Å². The highest BCUT2D eigenvalue weighted by atomic mass is 32.1. The van der Waals surface area contributed by atoms with Crippen molar-refractivity contribution in [2.75, 3.05) is 0 Å². The van der Waals surface area contributed by atoms with Crippen molar-refractivity contribution in [3.63, 3.8) is 0 Å². The summed E-state index contributed by atoms with van der Waals surface area (Å²) in [5, 5.41) is 14.6. The van der Waals surface area contributed by atoms with E-state index in [1.165, 1.54) is 25.1 Å². The second-order valence-corrected chi connectivity index (χ2v) is 7.10. The van der Waals surface area contributed by atoms with Crippen molar-refractivity contribution in [2.24, 2.45) is 22.4 Å². The SMILES string of the molecule is C[C@]12CCCC[C@H]1[C@H]2C(=O)N/N=C\c1ccc([N+](=O)[O-])s1. The minimum absolute atomic E-state index is 0.0216. The third kappa shape index (κ3) is 2.57. The topological polar surface area (TPSA) is 84.6 Å². The number of hydrazone groups is 1. The molecule has 2 aliphatic carbocycles. The van der Waals surface area contributed by atoms with Crippen molar-refractivity contribution in [3.05, 3.63) is 27.1 Å². The van der Waals surface area contributed by atoms with Gasteiger partial charge in [-0.15, -0.1) is 0 Å². The summed E-state index contributed by atoms with van der Waals surface area (Å²) in [6.07, 6.45) is 6.14. The molecular formula is C14H17N3O3S. The number of nitrogens with one attached hydrogen (secondary N) is 1. The summed E-state index contributed by atoms with van der Waals surface area (Å²) in [4.78, 5) is 22.9. The van der Waals surface area contributed by atoms with E-state index in [0.717, 1.165) is 24.2 Å². The van der Waals surface area contributed by atoms with E-state index in [2.05, 4.69) is 17.5 Å². The molecule has 2 aliphatic rings. The van der Waals surface area contributed by atoms with E-state index in [1.54, 1.807) is 6.07 Å². The van der Waals surface area contributed by atoms with Crippen LogP contribution in [0.4, 0.5) is 5.00 Å². The number of fused-ring (bicyclic) bond motifs is 1. The molecule has 112 valence electrons. The average molecular weight is 307 g/mol. The quantitative estimate of drug-likeness (QED) is 0.527. The van der Waals surface area contributed by atoms with E-state index in [1.807, 2.05) is 0 Å². The number of nitro groups is 1. The number of hydrogen-bond donors (Lipinski definition) is 1. The van der Waals surface area contributed by atoms with Crippen molar-refractivity contribution in [3.8, 4) is 0 Å². The maximum atomic E-state index is 12.2. The van der Waals surface area contributed by atoms with E-state index in [-0.39, 0.29) is 22.2 Å². The Kier molecular flexibility index (Phi) is 3.52. The Morgan fingerprint density at radius 3 is 3.00 bits per heavy atom. The van der Waals surface area contributed by atoms with Crippen molar-refractivity contribution < 1.29 is 9.72 Å². The molecule has 1 amide bonds. The maximum Gasteiger partial charge on any atom is 0.324 e. The number of carbonyl (C=O) groups is 1. The first-order valence-electron chi connectivity index (χ1n) is 7.09. The monoisotopic (exact) mass is 307 g/mol. The lowest BCUT2D eigenvalue weighted by Gasteiger charge is -2.15. The zero-order valence-corrected chi connectivity index (χ0v) is 12.6. The van der Waals surface area contributed by atoms with Gasteiger partial charge in [-0.05, 0) is 30.2 Å². The standard InChI is InChI=1S/C14H17N3O3S/c1-14-7-3-2-4-10(14)12(14)13(18)16-15-8-9-5-6-11(21-9)17(19)20/h5-6,8,10,12H,2-4,7H2,1H3,(H,16,18)/b15-8-/t10-,12-,14-/m0/s1. The Balaban J connectivity index is 1.56. The van der Waals surface area contributed by atoms with E-state index in [0.29, 0.717) is 10.8 Å². The van der Waals surface area contributed by atoms with Gasteiger partial charge in [0.2, 0.25) is 5.91 Å². The summed E-state index contributed by atoms with van der Waals surface area (Å²) < 4.78 is 0. The van der Waals surface area contributed by atoms with Gasteiger partial charge in [-0.3, -0.25) is 14.9 Å². The van der Waals surface area contributed by atoms with Gasteiger partial charge in [0.05, 0.1) is 16.0 Å². The number of thiophene rings is 1. The van der Waals surface area contributed by atoms with Gasteiger partial charge < -0.3 is 0 Å². The molecule has 0 bridgehead atoms. The van der Waals surface area contributed by atoms with Crippen LogP contribution >= 0.6 is 11.3 Å². The molecule has 3 rings (SSSR count). The fraction of sp³-hybridized carbons (Fsp3) is 0.571. The molecule has 2 saturated carbocycles. The molecule has 1 aromatic heterocycles. The van der Waals surface area contributed by atoms with Gasteiger partial charge in [0.15, 0.2) is 0 Å². The molecule has 0 unspecified atom stereocenters. The largest absolute Gasteiger partial charge is 0.324 e. The molecule has 0 aromatic carbocycles. The van der Waals surface area contributed by atoms with Gasteiger partial charge in [0, 0.05) is 12.0 Å². The van der Waals surface area contributed by atoms with E-state index < -0.39 is 4.92 Å². The molecule has 6 nitrogen and oxygen atoms in total. The number of rotatable bonds is 4. The van der Waals surface area contributed by atoms with Crippen LogP contribution in [-0.4, -0.2) is 17.0 Å². The summed E-state index contributed by atoms with van der Waals surface area (Å²) >= 11 is 1.04. The predicted molar refractivity (Wildman–Crippen MR) is 80.3 cm³/mol. The molecule has 1 heterocycles. The zero-order chi connectivity index (χ0) is 15.0. The minimum Gasteiger partial charge on any atom is -0.273 e. The Bertz CT molecular complexity index is 612. The third-order valence-corrected chi connectivity index (χ3v) is 5.74. The number of hydrogen-bond acceptors (Lipinski definition) is 5. The van der Waals surface area contributed by atoms with Crippen LogP contribution in [0.5, 0.6) is 0 Å². The summed E-state index contributed by atoms with van der Waals surface area (Å²) in [6, 6.07) is 3.06. The van der Waals surface area contributed by atoms with Crippen molar-refractivity contribution in [1.29, 1.82) is 0 Å². The first-order valence-corrected chi connectivity index (χ1v) is 7.91. The highest BCUT2D eigenvalue weighted by molar-refractivity contribution is 7.16. The highest BCUT2D eigenvalue weighted by Crippen LogP contribution is 2.66. The predicted octanol–water partition coefficient (Wildman–Crippen LogP) is 2.93. The maximum absolute atomic E-state index is 12.2. The van der Waals surface area contributed by atoms with Crippen LogP contribution in [0.3, 0.4) is 0 Å². The Labute approximate surface area is 126 Å². The van der Waals surface area contributed by atoms with Crippen molar-refractivity contribution in [1.82, 2.24) is 5.43 Å². The molecule has 21 heavy (non-hydrogen) atoms. The Morgan fingerprint density at radius 1 is 1.57 bits per heavy atom. The van der Waals surface area contributed by atoms with Gasteiger partial charge in [0.25, 0.3) is 0 Å². The van der Waals surface area contributed by atoms with Crippen molar-refractivity contribution in [2.45, 2.75) is 32.6 Å². The van der Waals surface area contributed by atoms with E-state index >= 15 is 0 Å². The molecule has 0 spiro atoms. The number of nitrogens with zero attached hydrogens (tertiary/aromatic N) is 2. The van der Waals surface area contributed by atoms with Gasteiger partial charge in [-0.2, -0.15) is 5.10 Å². The van der Waals surface area contributed by atoms with Crippen LogP contribution in [0.25, 0.3) is 0 Å². The van der Waals surface area contributed by atoms with Crippen LogP contribution in [0.1, 0.15) is 37.5 Å².